The summed E-state index contributed by atoms with van der Waals surface area (Å²) >= 11 is 7.37. The predicted molar refractivity (Wildman–Crippen MR) is 81.9 cm³/mol. The van der Waals surface area contributed by atoms with Gasteiger partial charge in [0, 0.05) is 29.1 Å². The van der Waals surface area contributed by atoms with Crippen molar-refractivity contribution in [2.24, 2.45) is 5.73 Å². The largest absolute Gasteiger partial charge is 0.356 e. The quantitative estimate of drug-likeness (QED) is 0.855. The van der Waals surface area contributed by atoms with Gasteiger partial charge < -0.3 is 15.6 Å². The molecule has 0 fully saturated rings. The second-order valence-corrected chi connectivity index (χ2v) is 5.63. The van der Waals surface area contributed by atoms with Gasteiger partial charge in [0.1, 0.15) is 5.69 Å². The van der Waals surface area contributed by atoms with Crippen LogP contribution in [-0.2, 0) is 6.54 Å². The summed E-state index contributed by atoms with van der Waals surface area (Å²) in [6, 6.07) is 3.59. The Hall–Kier alpha value is -1.74. The molecule has 0 aliphatic heterocycles. The van der Waals surface area contributed by atoms with Gasteiger partial charge in [0.2, 0.25) is 0 Å². The SMILES string of the molecule is CN(Cc1cc(C#CCN)cs1)C(=O)c1cc(Cl)c[nH]1. The van der Waals surface area contributed by atoms with Gasteiger partial charge in [-0.25, -0.2) is 0 Å². The zero-order valence-corrected chi connectivity index (χ0v) is 12.5. The molecule has 2 rings (SSSR count). The van der Waals surface area contributed by atoms with E-state index < -0.39 is 0 Å². The molecule has 0 unspecified atom stereocenters. The Balaban J connectivity index is 2.02. The highest BCUT2D eigenvalue weighted by molar-refractivity contribution is 7.10. The normalized spacial score (nSPS) is 9.95. The van der Waals surface area contributed by atoms with Gasteiger partial charge >= 0.3 is 0 Å². The third-order valence-corrected chi connectivity index (χ3v) is 3.75. The standard InChI is InChI=1S/C14H14ClN3OS/c1-18(14(19)13-6-11(15)7-17-13)8-12-5-10(9-20-12)3-2-4-16/h5-7,9,17H,4,8,16H2,1H3. The summed E-state index contributed by atoms with van der Waals surface area (Å²) in [6.07, 6.45) is 1.59. The summed E-state index contributed by atoms with van der Waals surface area (Å²) in [5, 5.41) is 2.49. The lowest BCUT2D eigenvalue weighted by atomic mass is 10.3. The molecule has 0 radical (unpaired) electrons. The fraction of sp³-hybridized carbons (Fsp3) is 0.214. The number of rotatable bonds is 3. The minimum absolute atomic E-state index is 0.0973. The first-order chi connectivity index (χ1) is 9.60. The van der Waals surface area contributed by atoms with Crippen molar-refractivity contribution in [1.29, 1.82) is 0 Å². The van der Waals surface area contributed by atoms with Gasteiger partial charge in [-0.15, -0.1) is 11.3 Å². The number of aromatic nitrogens is 1. The molecule has 0 aliphatic rings. The molecule has 1 amide bonds. The van der Waals surface area contributed by atoms with Gasteiger partial charge in [0.05, 0.1) is 18.1 Å². The van der Waals surface area contributed by atoms with Crippen LogP contribution in [0.1, 0.15) is 20.9 Å². The third kappa shape index (κ3) is 3.64. The fourth-order valence-corrected chi connectivity index (χ4v) is 2.72. The van der Waals surface area contributed by atoms with E-state index in [0.29, 0.717) is 23.8 Å². The highest BCUT2D eigenvalue weighted by Crippen LogP contribution is 2.17. The smallest absolute Gasteiger partial charge is 0.270 e. The van der Waals surface area contributed by atoms with Crippen LogP contribution >= 0.6 is 22.9 Å². The van der Waals surface area contributed by atoms with Crippen LogP contribution in [0.25, 0.3) is 0 Å². The van der Waals surface area contributed by atoms with Crippen LogP contribution in [0.5, 0.6) is 0 Å². The summed E-state index contributed by atoms with van der Waals surface area (Å²) < 4.78 is 0. The fourth-order valence-electron chi connectivity index (χ4n) is 1.68. The summed E-state index contributed by atoms with van der Waals surface area (Å²) in [7, 11) is 1.75. The van der Waals surface area contributed by atoms with Gasteiger partial charge in [-0.1, -0.05) is 23.4 Å². The maximum Gasteiger partial charge on any atom is 0.270 e. The Labute approximate surface area is 126 Å². The van der Waals surface area contributed by atoms with Crippen molar-refractivity contribution in [2.75, 3.05) is 13.6 Å². The highest BCUT2D eigenvalue weighted by atomic mass is 35.5. The number of nitrogens with one attached hydrogen (secondary N) is 1. The van der Waals surface area contributed by atoms with Crippen LogP contribution in [0.2, 0.25) is 5.02 Å². The summed E-state index contributed by atoms with van der Waals surface area (Å²) in [5.74, 6) is 5.68. The molecule has 0 atom stereocenters. The lowest BCUT2D eigenvalue weighted by Gasteiger charge is -2.14. The van der Waals surface area contributed by atoms with Crippen LogP contribution in [-0.4, -0.2) is 29.4 Å². The number of hydrogen-bond acceptors (Lipinski definition) is 3. The number of aromatic amines is 1. The number of H-pyrrole nitrogens is 1. The van der Waals surface area contributed by atoms with Crippen molar-refractivity contribution in [1.82, 2.24) is 9.88 Å². The highest BCUT2D eigenvalue weighted by Gasteiger charge is 2.14. The maximum atomic E-state index is 12.1. The van der Waals surface area contributed by atoms with Gasteiger partial charge in [0.25, 0.3) is 5.91 Å². The van der Waals surface area contributed by atoms with Crippen LogP contribution in [0.15, 0.2) is 23.7 Å². The van der Waals surface area contributed by atoms with E-state index in [9.17, 15) is 4.79 Å². The van der Waals surface area contributed by atoms with Gasteiger partial charge in [0.15, 0.2) is 0 Å². The van der Waals surface area contributed by atoms with Crippen LogP contribution in [0.3, 0.4) is 0 Å². The van der Waals surface area contributed by atoms with Gasteiger partial charge in [-0.05, 0) is 12.1 Å². The van der Waals surface area contributed by atoms with E-state index in [4.69, 9.17) is 17.3 Å². The summed E-state index contributed by atoms with van der Waals surface area (Å²) in [6.45, 7) is 0.877. The van der Waals surface area contributed by atoms with E-state index in [2.05, 4.69) is 16.8 Å². The van der Waals surface area contributed by atoms with Crippen molar-refractivity contribution >= 4 is 28.8 Å². The van der Waals surface area contributed by atoms with Crippen molar-refractivity contribution in [3.63, 3.8) is 0 Å². The molecule has 0 saturated heterocycles. The minimum Gasteiger partial charge on any atom is -0.356 e. The molecule has 4 nitrogen and oxygen atoms in total. The van der Waals surface area contributed by atoms with Crippen molar-refractivity contribution in [2.45, 2.75) is 6.54 Å². The topological polar surface area (TPSA) is 62.1 Å². The number of nitrogens with zero attached hydrogens (tertiary/aromatic N) is 1. The molecule has 3 N–H and O–H groups in total. The second-order valence-electron chi connectivity index (χ2n) is 4.20. The summed E-state index contributed by atoms with van der Waals surface area (Å²) in [5.41, 5.74) is 6.75. The van der Waals surface area contributed by atoms with E-state index in [0.717, 1.165) is 10.4 Å². The molecule has 20 heavy (non-hydrogen) atoms. The first kappa shape index (κ1) is 14.7. The van der Waals surface area contributed by atoms with E-state index in [-0.39, 0.29) is 5.91 Å². The van der Waals surface area contributed by atoms with E-state index in [1.165, 1.54) is 0 Å². The molecular formula is C14H14ClN3OS. The molecule has 0 saturated carbocycles. The lowest BCUT2D eigenvalue weighted by Crippen LogP contribution is -2.26. The molecule has 2 aromatic heterocycles. The monoisotopic (exact) mass is 307 g/mol. The molecule has 0 spiro atoms. The van der Waals surface area contributed by atoms with E-state index in [1.807, 2.05) is 11.4 Å². The van der Waals surface area contributed by atoms with Crippen molar-refractivity contribution in [3.8, 4) is 11.8 Å². The minimum atomic E-state index is -0.0973. The zero-order valence-electron chi connectivity index (χ0n) is 10.9. The van der Waals surface area contributed by atoms with Crippen LogP contribution < -0.4 is 5.73 Å². The van der Waals surface area contributed by atoms with Gasteiger partial charge in [-0.2, -0.15) is 0 Å². The average Bonchev–Trinajstić information content (AvgIpc) is 3.04. The molecule has 6 heteroatoms. The molecular weight excluding hydrogens is 294 g/mol. The van der Waals surface area contributed by atoms with Gasteiger partial charge in [-0.3, -0.25) is 4.79 Å². The number of thiophene rings is 1. The molecule has 0 bridgehead atoms. The van der Waals surface area contributed by atoms with Crippen LogP contribution in [0.4, 0.5) is 0 Å². The Morgan fingerprint density at radius 3 is 3.00 bits per heavy atom. The maximum absolute atomic E-state index is 12.1. The Morgan fingerprint density at radius 1 is 1.55 bits per heavy atom. The lowest BCUT2D eigenvalue weighted by molar-refractivity contribution is 0.0781. The first-order valence-electron chi connectivity index (χ1n) is 5.96. The number of hydrogen-bond donors (Lipinski definition) is 2. The Morgan fingerprint density at radius 2 is 2.35 bits per heavy atom. The molecule has 104 valence electrons. The zero-order chi connectivity index (χ0) is 14.5. The average molecular weight is 308 g/mol. The third-order valence-electron chi connectivity index (χ3n) is 2.61. The van der Waals surface area contributed by atoms with Crippen LogP contribution in [0, 0.1) is 11.8 Å². The number of nitrogens with two attached hydrogens (primary N) is 1. The Kier molecular flexibility index (Phi) is 4.85. The molecule has 2 heterocycles. The molecule has 0 aliphatic carbocycles. The molecule has 2 aromatic rings. The number of amides is 1. The van der Waals surface area contributed by atoms with E-state index >= 15 is 0 Å². The van der Waals surface area contributed by atoms with E-state index in [1.54, 1.807) is 35.5 Å². The Bertz CT molecular complexity index is 665. The predicted octanol–water partition coefficient (Wildman–Crippen LogP) is 2.31. The summed E-state index contributed by atoms with van der Waals surface area (Å²) in [4.78, 5) is 17.7. The number of carbonyl (C=O) groups is 1. The van der Waals surface area contributed by atoms with Crippen molar-refractivity contribution in [3.05, 3.63) is 44.9 Å². The molecule has 0 aromatic carbocycles. The second kappa shape index (κ2) is 6.62. The van der Waals surface area contributed by atoms with Crippen molar-refractivity contribution < 1.29 is 4.79 Å². The number of halogens is 1. The number of carbonyl (C=O) groups excluding carboxylic acids is 1. The first-order valence-corrected chi connectivity index (χ1v) is 7.21.